The van der Waals surface area contributed by atoms with Gasteiger partial charge in [-0.1, -0.05) is 11.6 Å². The van der Waals surface area contributed by atoms with Crippen LogP contribution >= 0.6 is 11.6 Å². The van der Waals surface area contributed by atoms with Crippen LogP contribution < -0.4 is 4.90 Å². The first-order valence-corrected chi connectivity index (χ1v) is 4.65. The lowest BCUT2D eigenvalue weighted by atomic mass is 10.3. The van der Waals surface area contributed by atoms with Gasteiger partial charge in [-0.3, -0.25) is 0 Å². The highest BCUT2D eigenvalue weighted by Crippen LogP contribution is 2.22. The van der Waals surface area contributed by atoms with Gasteiger partial charge in [0, 0.05) is 19.8 Å². The molecule has 0 amide bonds. The van der Waals surface area contributed by atoms with Gasteiger partial charge in [-0.2, -0.15) is 0 Å². The van der Waals surface area contributed by atoms with Crippen molar-refractivity contribution in [1.29, 1.82) is 0 Å². The van der Waals surface area contributed by atoms with Crippen molar-refractivity contribution in [1.82, 2.24) is 4.98 Å². The summed E-state index contributed by atoms with van der Waals surface area (Å²) in [6, 6.07) is 1.33. The number of aliphatic hydroxyl groups is 1. The van der Waals surface area contributed by atoms with Crippen LogP contribution in [0.15, 0.2) is 12.3 Å². The van der Waals surface area contributed by atoms with E-state index < -0.39 is 5.97 Å². The maximum Gasteiger partial charge on any atom is 0.337 e. The van der Waals surface area contributed by atoms with E-state index in [1.807, 2.05) is 0 Å². The fourth-order valence-electron chi connectivity index (χ4n) is 1.08. The maximum absolute atomic E-state index is 10.6. The van der Waals surface area contributed by atoms with E-state index in [0.29, 0.717) is 12.4 Å². The van der Waals surface area contributed by atoms with Crippen LogP contribution in [0.3, 0.4) is 0 Å². The Hall–Kier alpha value is -1.33. The number of hydrogen-bond donors (Lipinski definition) is 2. The molecule has 0 saturated heterocycles. The number of pyridine rings is 1. The highest BCUT2D eigenvalue weighted by molar-refractivity contribution is 6.33. The third-order valence-corrected chi connectivity index (χ3v) is 2.14. The molecule has 0 spiro atoms. The molecule has 1 heterocycles. The molecule has 0 aliphatic heterocycles. The molecule has 5 nitrogen and oxygen atoms in total. The average molecular weight is 231 g/mol. The molecule has 0 saturated carbocycles. The highest BCUT2D eigenvalue weighted by Gasteiger charge is 2.11. The summed E-state index contributed by atoms with van der Waals surface area (Å²) >= 11 is 5.85. The zero-order valence-electron chi connectivity index (χ0n) is 8.14. The molecule has 0 radical (unpaired) electrons. The van der Waals surface area contributed by atoms with Gasteiger partial charge in [0.05, 0.1) is 17.2 Å². The van der Waals surface area contributed by atoms with E-state index in [1.165, 1.54) is 12.3 Å². The zero-order chi connectivity index (χ0) is 11.4. The number of nitrogens with zero attached hydrogens (tertiary/aromatic N) is 2. The summed E-state index contributed by atoms with van der Waals surface area (Å²) < 4.78 is 0. The van der Waals surface area contributed by atoms with E-state index in [4.69, 9.17) is 21.8 Å². The molecule has 0 aromatic carbocycles. The maximum atomic E-state index is 10.6. The lowest BCUT2D eigenvalue weighted by molar-refractivity contribution is 0.0696. The van der Waals surface area contributed by atoms with Crippen molar-refractivity contribution in [3.8, 4) is 0 Å². The fraction of sp³-hybridized carbons (Fsp3) is 0.333. The normalized spacial score (nSPS) is 10.1. The minimum Gasteiger partial charge on any atom is -0.478 e. The first kappa shape index (κ1) is 11.7. The van der Waals surface area contributed by atoms with Crippen molar-refractivity contribution in [3.63, 3.8) is 0 Å². The molecule has 82 valence electrons. The Morgan fingerprint density at radius 3 is 2.80 bits per heavy atom. The molecule has 0 aliphatic carbocycles. The van der Waals surface area contributed by atoms with Gasteiger partial charge in [0.1, 0.15) is 5.82 Å². The van der Waals surface area contributed by atoms with Crippen LogP contribution in [-0.4, -0.2) is 41.4 Å². The molecular weight excluding hydrogens is 220 g/mol. The lowest BCUT2D eigenvalue weighted by Gasteiger charge is -2.17. The van der Waals surface area contributed by atoms with Crippen LogP contribution in [0.25, 0.3) is 0 Å². The molecule has 0 unspecified atom stereocenters. The number of carbonyl (C=O) groups is 1. The van der Waals surface area contributed by atoms with Crippen LogP contribution in [-0.2, 0) is 0 Å². The van der Waals surface area contributed by atoms with Crippen LogP contribution in [0.5, 0.6) is 0 Å². The number of rotatable bonds is 4. The monoisotopic (exact) mass is 230 g/mol. The first-order valence-electron chi connectivity index (χ1n) is 4.27. The Morgan fingerprint density at radius 1 is 1.67 bits per heavy atom. The van der Waals surface area contributed by atoms with Gasteiger partial charge < -0.3 is 15.1 Å². The fourth-order valence-corrected chi connectivity index (χ4v) is 1.40. The number of carboxylic acids is 1. The minimum absolute atomic E-state index is 0.0187. The minimum atomic E-state index is -1.07. The molecule has 0 bridgehead atoms. The Labute approximate surface area is 91.9 Å². The molecule has 0 atom stereocenters. The quantitative estimate of drug-likeness (QED) is 0.803. The van der Waals surface area contributed by atoms with Gasteiger partial charge in [0.15, 0.2) is 0 Å². The number of halogens is 1. The van der Waals surface area contributed by atoms with Crippen molar-refractivity contribution in [3.05, 3.63) is 22.8 Å². The third kappa shape index (κ3) is 2.81. The Kier molecular flexibility index (Phi) is 3.88. The smallest absolute Gasteiger partial charge is 0.337 e. The van der Waals surface area contributed by atoms with Gasteiger partial charge in [0.2, 0.25) is 0 Å². The molecule has 2 N–H and O–H groups in total. The summed E-state index contributed by atoms with van der Waals surface area (Å²) in [5.74, 6) is -0.614. The molecule has 0 aliphatic rings. The predicted octanol–water partition coefficient (Wildman–Crippen LogP) is 0.862. The summed E-state index contributed by atoms with van der Waals surface area (Å²) in [4.78, 5) is 16.2. The summed E-state index contributed by atoms with van der Waals surface area (Å²) in [5, 5.41) is 17.7. The molecule has 1 aromatic heterocycles. The molecule has 1 rings (SSSR count). The van der Waals surface area contributed by atoms with Crippen molar-refractivity contribution in [2.45, 2.75) is 0 Å². The van der Waals surface area contributed by atoms with Gasteiger partial charge in [0.25, 0.3) is 0 Å². The molecule has 6 heteroatoms. The number of hydrogen-bond acceptors (Lipinski definition) is 4. The van der Waals surface area contributed by atoms with Gasteiger partial charge in [-0.25, -0.2) is 9.78 Å². The molecule has 15 heavy (non-hydrogen) atoms. The lowest BCUT2D eigenvalue weighted by Crippen LogP contribution is -2.22. The topological polar surface area (TPSA) is 73.7 Å². The van der Waals surface area contributed by atoms with E-state index in [9.17, 15) is 4.79 Å². The second-order valence-corrected chi connectivity index (χ2v) is 3.39. The molecule has 1 aromatic rings. The summed E-state index contributed by atoms with van der Waals surface area (Å²) in [7, 11) is 1.71. The number of anilines is 1. The van der Waals surface area contributed by atoms with E-state index in [-0.39, 0.29) is 17.2 Å². The Bertz CT molecular complexity index is 370. The number of aromatic nitrogens is 1. The summed E-state index contributed by atoms with van der Waals surface area (Å²) in [6.07, 6.45) is 1.23. The second kappa shape index (κ2) is 4.95. The van der Waals surface area contributed by atoms with Crippen LogP contribution in [0.4, 0.5) is 5.82 Å². The van der Waals surface area contributed by atoms with Crippen LogP contribution in [0.2, 0.25) is 5.02 Å². The van der Waals surface area contributed by atoms with E-state index in [0.717, 1.165) is 0 Å². The third-order valence-electron chi connectivity index (χ3n) is 1.87. The zero-order valence-corrected chi connectivity index (χ0v) is 8.90. The molecular formula is C9H11ClN2O3. The number of carboxylic acid groups (broad SMARTS) is 1. The van der Waals surface area contributed by atoms with E-state index in [1.54, 1.807) is 11.9 Å². The summed E-state index contributed by atoms with van der Waals surface area (Å²) in [5.41, 5.74) is 0.0427. The molecule has 0 fully saturated rings. The standard InChI is InChI=1S/C9H11ClN2O3/c1-12(2-3-13)8-7(10)4-6(5-11-8)9(14)15/h4-5,13H,2-3H2,1H3,(H,14,15). The Morgan fingerprint density at radius 2 is 2.33 bits per heavy atom. The Balaban J connectivity index is 2.97. The van der Waals surface area contributed by atoms with E-state index in [2.05, 4.69) is 4.98 Å². The largest absolute Gasteiger partial charge is 0.478 e. The van der Waals surface area contributed by atoms with Gasteiger partial charge in [-0.05, 0) is 6.07 Å². The van der Waals surface area contributed by atoms with Crippen LogP contribution in [0, 0.1) is 0 Å². The van der Waals surface area contributed by atoms with Crippen LogP contribution in [0.1, 0.15) is 10.4 Å². The highest BCUT2D eigenvalue weighted by atomic mass is 35.5. The second-order valence-electron chi connectivity index (χ2n) is 2.98. The van der Waals surface area contributed by atoms with Crippen molar-refractivity contribution in [2.24, 2.45) is 0 Å². The number of aliphatic hydroxyl groups excluding tert-OH is 1. The summed E-state index contributed by atoms with van der Waals surface area (Å²) in [6.45, 7) is 0.369. The average Bonchev–Trinajstić information content (AvgIpc) is 2.17. The van der Waals surface area contributed by atoms with Crippen molar-refractivity contribution >= 4 is 23.4 Å². The van der Waals surface area contributed by atoms with Crippen molar-refractivity contribution < 1.29 is 15.0 Å². The van der Waals surface area contributed by atoms with Gasteiger partial charge in [-0.15, -0.1) is 0 Å². The van der Waals surface area contributed by atoms with E-state index >= 15 is 0 Å². The predicted molar refractivity (Wildman–Crippen MR) is 56.6 cm³/mol. The van der Waals surface area contributed by atoms with Crippen molar-refractivity contribution in [2.75, 3.05) is 25.1 Å². The number of aromatic carboxylic acids is 1. The number of likely N-dealkylation sites (N-methyl/N-ethyl adjacent to an activating group) is 1. The first-order chi connectivity index (χ1) is 7.06. The SMILES string of the molecule is CN(CCO)c1ncc(C(=O)O)cc1Cl. The van der Waals surface area contributed by atoms with Gasteiger partial charge >= 0.3 is 5.97 Å².